The Bertz CT molecular complexity index is 1450. The molecule has 2 aromatic rings. The highest BCUT2D eigenvalue weighted by molar-refractivity contribution is 6.33. The Hall–Kier alpha value is -4.45. The number of unbranched alkanes of at least 4 members (excludes halogenated alkanes) is 2. The number of carbonyl (C=O) groups is 7. The van der Waals surface area contributed by atoms with Gasteiger partial charge in [0.15, 0.2) is 0 Å². The summed E-state index contributed by atoms with van der Waals surface area (Å²) < 4.78 is 0.570. The van der Waals surface area contributed by atoms with Crippen LogP contribution in [0.1, 0.15) is 80.0 Å². The van der Waals surface area contributed by atoms with Crippen molar-refractivity contribution in [3.05, 3.63) is 46.5 Å². The number of hydroxylamine groups is 2. The fourth-order valence-corrected chi connectivity index (χ4v) is 5.30. The van der Waals surface area contributed by atoms with Crippen LogP contribution in [0.5, 0.6) is 0 Å². The molecule has 1 saturated heterocycles. The average Bonchev–Trinajstić information content (AvgIpc) is 3.23. The molecule has 0 aliphatic carbocycles. The summed E-state index contributed by atoms with van der Waals surface area (Å²) in [5, 5.41) is 1.17. The molecule has 0 unspecified atom stereocenters. The lowest BCUT2D eigenvalue weighted by Crippen LogP contribution is -2.48. The Balaban J connectivity index is 1.26. The molecule has 1 fully saturated rings. The van der Waals surface area contributed by atoms with Crippen molar-refractivity contribution < 1.29 is 42.9 Å². The Kier molecular flexibility index (Phi) is 7.20. The fourth-order valence-electron chi connectivity index (χ4n) is 5.30. The minimum absolute atomic E-state index is 0.0193. The van der Waals surface area contributed by atoms with E-state index in [-0.39, 0.29) is 43.5 Å². The number of carbonyl (C=O) groups excluding carboxylic acids is 7. The van der Waals surface area contributed by atoms with Crippen LogP contribution in [0.15, 0.2) is 24.3 Å². The first-order chi connectivity index (χ1) is 19.4. The van der Waals surface area contributed by atoms with E-state index in [4.69, 9.17) is 4.84 Å². The van der Waals surface area contributed by atoms with Crippen LogP contribution in [0.4, 0.5) is 0 Å². The molecule has 12 heteroatoms. The minimum atomic E-state index is -0.701. The zero-order chi connectivity index (χ0) is 29.6. The van der Waals surface area contributed by atoms with Gasteiger partial charge >= 0.3 is 5.97 Å². The smallest absolute Gasteiger partial charge is 0.330 e. The van der Waals surface area contributed by atoms with Gasteiger partial charge < -0.3 is 9.32 Å². The lowest BCUT2D eigenvalue weighted by Gasteiger charge is -2.33. The number of hydrogen-bond acceptors (Lipinski definition) is 8. The molecule has 3 heterocycles. The van der Waals surface area contributed by atoms with Crippen molar-refractivity contribution in [3.8, 4) is 0 Å². The first kappa shape index (κ1) is 28.1. The predicted molar refractivity (Wildman–Crippen MR) is 143 cm³/mol. The van der Waals surface area contributed by atoms with E-state index >= 15 is 0 Å². The molecule has 12 nitrogen and oxygen atoms in total. The number of quaternary nitrogens is 1. The lowest BCUT2D eigenvalue weighted by atomic mass is 9.86. The molecule has 3 aliphatic rings. The van der Waals surface area contributed by atoms with E-state index in [1.807, 2.05) is 21.1 Å². The van der Waals surface area contributed by atoms with Crippen LogP contribution in [-0.2, 0) is 19.2 Å². The van der Waals surface area contributed by atoms with Crippen LogP contribution in [0.25, 0.3) is 10.8 Å². The number of nitrogens with zero attached hydrogens (tertiary/aromatic N) is 4. The second-order valence-corrected chi connectivity index (χ2v) is 11.5. The zero-order valence-electron chi connectivity index (χ0n) is 23.2. The van der Waals surface area contributed by atoms with Gasteiger partial charge in [0.1, 0.15) is 0 Å². The van der Waals surface area contributed by atoms with E-state index in [2.05, 4.69) is 0 Å². The molecule has 0 spiro atoms. The Labute approximate surface area is 235 Å². The number of likely N-dealkylation sites (N-methyl/N-ethyl adjacent to an activating group) is 1. The highest BCUT2D eigenvalue weighted by Crippen LogP contribution is 2.38. The summed E-state index contributed by atoms with van der Waals surface area (Å²) in [5.41, 5.74) is 1.09. The van der Waals surface area contributed by atoms with Gasteiger partial charge in [0.05, 0.1) is 34.2 Å². The van der Waals surface area contributed by atoms with E-state index in [1.165, 1.54) is 17.0 Å². The zero-order valence-corrected chi connectivity index (χ0v) is 23.2. The van der Waals surface area contributed by atoms with E-state index in [0.717, 1.165) is 4.90 Å². The third-order valence-electron chi connectivity index (χ3n) is 7.52. The molecule has 2 aromatic carbocycles. The van der Waals surface area contributed by atoms with Crippen LogP contribution in [0, 0.1) is 0 Å². The third-order valence-corrected chi connectivity index (χ3v) is 7.52. The summed E-state index contributed by atoms with van der Waals surface area (Å²) in [6, 6.07) is 6.17. The number of rotatable bonds is 10. The third kappa shape index (κ3) is 5.10. The van der Waals surface area contributed by atoms with Crippen molar-refractivity contribution in [2.75, 3.05) is 40.8 Å². The van der Waals surface area contributed by atoms with Gasteiger partial charge in [-0.15, -0.1) is 5.06 Å². The Morgan fingerprint density at radius 3 is 1.56 bits per heavy atom. The number of hydrogen-bond donors (Lipinski definition) is 0. The molecule has 0 aromatic heterocycles. The molecule has 0 saturated carbocycles. The molecule has 0 radical (unpaired) electrons. The van der Waals surface area contributed by atoms with Crippen LogP contribution < -0.4 is 0 Å². The highest BCUT2D eigenvalue weighted by atomic mass is 16.7. The molecule has 0 N–H and O–H groups in total. The van der Waals surface area contributed by atoms with Crippen LogP contribution in [0.2, 0.25) is 0 Å². The number of benzene rings is 2. The molecule has 214 valence electrons. The van der Waals surface area contributed by atoms with Crippen molar-refractivity contribution in [2.24, 2.45) is 0 Å². The molecule has 0 atom stereocenters. The summed E-state index contributed by atoms with van der Waals surface area (Å²) in [5.74, 6) is -3.70. The van der Waals surface area contributed by atoms with E-state index < -0.39 is 41.4 Å². The summed E-state index contributed by atoms with van der Waals surface area (Å²) in [6.45, 7) is 0.914. The summed E-state index contributed by atoms with van der Waals surface area (Å²) in [7, 11) is 5.91. The van der Waals surface area contributed by atoms with Gasteiger partial charge in [-0.3, -0.25) is 38.6 Å². The van der Waals surface area contributed by atoms with Gasteiger partial charge in [-0.25, -0.2) is 4.79 Å². The van der Waals surface area contributed by atoms with Crippen molar-refractivity contribution >= 4 is 52.2 Å². The van der Waals surface area contributed by atoms with Crippen LogP contribution >= 0.6 is 0 Å². The molecular formula is C29H31N4O8+. The molecule has 6 amide bonds. The molecule has 3 aliphatic heterocycles. The SMILES string of the molecule is C[N+](C)(C)CCN1C(=O)c2ccc3c4c(ccc(c24)C1=O)C(=O)N(CCCCCC(=O)ON1C(=O)CCC1=O)C3=O. The van der Waals surface area contributed by atoms with Crippen molar-refractivity contribution in [1.82, 2.24) is 14.9 Å². The average molecular weight is 564 g/mol. The number of amides is 6. The first-order valence-corrected chi connectivity index (χ1v) is 13.6. The van der Waals surface area contributed by atoms with Crippen LogP contribution in [0.3, 0.4) is 0 Å². The van der Waals surface area contributed by atoms with Gasteiger partial charge in [0, 0.05) is 58.8 Å². The molecule has 41 heavy (non-hydrogen) atoms. The maximum atomic E-state index is 13.4. The highest BCUT2D eigenvalue weighted by Gasteiger charge is 2.40. The maximum absolute atomic E-state index is 13.4. The Morgan fingerprint density at radius 2 is 1.12 bits per heavy atom. The normalized spacial score (nSPS) is 16.9. The summed E-state index contributed by atoms with van der Waals surface area (Å²) in [6.07, 6.45) is 1.29. The topological polar surface area (TPSA) is 138 Å². The second-order valence-electron chi connectivity index (χ2n) is 11.5. The van der Waals surface area contributed by atoms with Gasteiger partial charge in [-0.2, -0.15) is 0 Å². The van der Waals surface area contributed by atoms with Crippen molar-refractivity contribution in [2.45, 2.75) is 38.5 Å². The molecule has 0 bridgehead atoms. The van der Waals surface area contributed by atoms with Gasteiger partial charge in [-0.1, -0.05) is 6.42 Å². The maximum Gasteiger partial charge on any atom is 0.333 e. The number of imide groups is 3. The van der Waals surface area contributed by atoms with Gasteiger partial charge in [0.25, 0.3) is 35.4 Å². The van der Waals surface area contributed by atoms with E-state index in [1.54, 1.807) is 12.1 Å². The minimum Gasteiger partial charge on any atom is -0.330 e. The lowest BCUT2D eigenvalue weighted by molar-refractivity contribution is -0.869. The van der Waals surface area contributed by atoms with Gasteiger partial charge in [-0.05, 0) is 37.1 Å². The van der Waals surface area contributed by atoms with Crippen LogP contribution in [-0.4, -0.2) is 102 Å². The van der Waals surface area contributed by atoms with Crippen molar-refractivity contribution in [1.29, 1.82) is 0 Å². The van der Waals surface area contributed by atoms with Gasteiger partial charge in [0.2, 0.25) is 0 Å². The largest absolute Gasteiger partial charge is 0.333 e. The van der Waals surface area contributed by atoms with E-state index in [9.17, 15) is 33.6 Å². The summed E-state index contributed by atoms with van der Waals surface area (Å²) in [4.78, 5) is 95.8. The summed E-state index contributed by atoms with van der Waals surface area (Å²) >= 11 is 0. The van der Waals surface area contributed by atoms with Crippen molar-refractivity contribution in [3.63, 3.8) is 0 Å². The second kappa shape index (κ2) is 10.5. The Morgan fingerprint density at radius 1 is 0.683 bits per heavy atom. The fraction of sp³-hybridized carbons (Fsp3) is 0.414. The quantitative estimate of drug-likeness (QED) is 0.243. The monoisotopic (exact) mass is 563 g/mol. The standard InChI is InChI=1S/C29H31N4O8/c1-33(2,3)16-15-31-28(39)19-10-8-17-24-18(9-11-20(25(19)24)29(31)40)27(38)30(26(17)37)14-6-4-5-7-23(36)41-32-21(34)12-13-22(32)35/h8-11H,4-7,12-16H2,1-3H3/q+1. The predicted octanol–water partition coefficient (Wildman–Crippen LogP) is 1.91. The molecular weight excluding hydrogens is 532 g/mol. The molecule has 5 rings (SSSR count). The van der Waals surface area contributed by atoms with E-state index in [0.29, 0.717) is 57.3 Å². The first-order valence-electron chi connectivity index (χ1n) is 13.6.